The Kier molecular flexibility index (Phi) is 7.92. The van der Waals surface area contributed by atoms with Gasteiger partial charge in [0.05, 0.1) is 47.2 Å². The van der Waals surface area contributed by atoms with Crippen LogP contribution in [0.5, 0.6) is 0 Å². The van der Waals surface area contributed by atoms with Crippen LogP contribution in [0.3, 0.4) is 0 Å². The largest absolute Gasteiger partial charge is 0.449 e. The monoisotopic (exact) mass is 630 g/mol. The zero-order chi connectivity index (χ0) is 31.2. The maximum absolute atomic E-state index is 15.1. The predicted molar refractivity (Wildman–Crippen MR) is 160 cm³/mol. The molecule has 5 aromatic rings. The summed E-state index contributed by atoms with van der Waals surface area (Å²) in [5.74, 6) is -2.43. The van der Waals surface area contributed by atoms with Crippen LogP contribution in [-0.4, -0.2) is 65.1 Å². The van der Waals surface area contributed by atoms with E-state index >= 15 is 4.39 Å². The minimum Gasteiger partial charge on any atom is -0.378 e. The molecule has 0 atom stereocenters. The third kappa shape index (κ3) is 5.80. The number of aromatic nitrogens is 5. The second-order valence-electron chi connectivity index (χ2n) is 11.9. The van der Waals surface area contributed by atoms with Gasteiger partial charge in [0.15, 0.2) is 0 Å². The minimum atomic E-state index is -4.72. The highest BCUT2D eigenvalue weighted by molar-refractivity contribution is 6.76. The van der Waals surface area contributed by atoms with E-state index in [-0.39, 0.29) is 23.3 Å². The number of pyridine rings is 1. The van der Waals surface area contributed by atoms with Crippen LogP contribution in [0.1, 0.15) is 5.82 Å². The van der Waals surface area contributed by atoms with Crippen LogP contribution in [0, 0.1) is 11.6 Å². The number of hydrogen-bond donors (Lipinski definition) is 0. The summed E-state index contributed by atoms with van der Waals surface area (Å²) in [6.07, 6.45) is -0.718. The first-order valence-corrected chi connectivity index (χ1v) is 17.9. The van der Waals surface area contributed by atoms with Crippen LogP contribution >= 0.6 is 0 Å². The van der Waals surface area contributed by atoms with Crippen LogP contribution in [0.4, 0.5) is 27.6 Å². The summed E-state index contributed by atoms with van der Waals surface area (Å²) in [6.45, 7) is 8.54. The SMILES string of the molecule is C[Si](C)(C)CCOCn1c(-c2cc(N3CCOCC3)cc3c2ncn3-c2ccnc3c(F)ccc(F)c23)cnc1C(F)(F)F. The Labute approximate surface area is 251 Å². The van der Waals surface area contributed by atoms with Crippen LogP contribution in [0.25, 0.3) is 38.9 Å². The fourth-order valence-electron chi connectivity index (χ4n) is 5.35. The molecule has 0 N–H and O–H groups in total. The predicted octanol–water partition coefficient (Wildman–Crippen LogP) is 6.88. The standard InChI is InChI=1S/C30H31F5N6O2Si/c1-44(2,3)13-12-43-18-41-25(16-37-29(41)30(33,34)35)20-14-19(39-8-10-42-11-9-39)15-24-27(20)38-17-40(24)23-6-7-36-28-22(32)5-4-21(31)26(23)28/h4-7,14-17H,8-13,18H2,1-3H3. The van der Waals surface area contributed by atoms with Crippen molar-refractivity contribution < 1.29 is 31.4 Å². The van der Waals surface area contributed by atoms with Crippen molar-refractivity contribution in [1.82, 2.24) is 24.1 Å². The Morgan fingerprint density at radius 1 is 0.955 bits per heavy atom. The fraction of sp³-hybridized carbons (Fsp3) is 0.367. The number of fused-ring (bicyclic) bond motifs is 2. The first-order valence-electron chi connectivity index (χ1n) is 14.2. The molecule has 6 rings (SSSR count). The molecule has 1 aliphatic rings. The lowest BCUT2D eigenvalue weighted by Crippen LogP contribution is -2.36. The molecule has 14 heteroatoms. The van der Waals surface area contributed by atoms with E-state index < -0.39 is 31.7 Å². The number of alkyl halides is 3. The molecule has 2 aromatic carbocycles. The quantitative estimate of drug-likeness (QED) is 0.106. The smallest absolute Gasteiger partial charge is 0.378 e. The van der Waals surface area contributed by atoms with E-state index in [4.69, 9.17) is 9.47 Å². The molecule has 8 nitrogen and oxygen atoms in total. The molecule has 3 aromatic heterocycles. The van der Waals surface area contributed by atoms with Gasteiger partial charge >= 0.3 is 6.18 Å². The first kappa shape index (κ1) is 30.2. The van der Waals surface area contributed by atoms with E-state index in [1.807, 2.05) is 6.07 Å². The van der Waals surface area contributed by atoms with Crippen LogP contribution < -0.4 is 4.90 Å². The number of ether oxygens (including phenoxy) is 2. The molecule has 44 heavy (non-hydrogen) atoms. The van der Waals surface area contributed by atoms with E-state index in [0.29, 0.717) is 60.9 Å². The number of rotatable bonds is 8. The second-order valence-corrected chi connectivity index (χ2v) is 17.5. The normalized spacial score (nSPS) is 14.7. The van der Waals surface area contributed by atoms with Gasteiger partial charge in [-0.05, 0) is 36.4 Å². The van der Waals surface area contributed by atoms with Crippen LogP contribution in [0.15, 0.2) is 49.1 Å². The fourth-order valence-corrected chi connectivity index (χ4v) is 6.11. The van der Waals surface area contributed by atoms with Crippen molar-refractivity contribution in [3.63, 3.8) is 0 Å². The van der Waals surface area contributed by atoms with Gasteiger partial charge in [-0.25, -0.2) is 18.7 Å². The summed E-state index contributed by atoms with van der Waals surface area (Å²) in [4.78, 5) is 14.4. The van der Waals surface area contributed by atoms with Gasteiger partial charge in [0, 0.05) is 45.2 Å². The molecule has 1 saturated heterocycles. The number of nitrogens with zero attached hydrogens (tertiary/aromatic N) is 6. The van der Waals surface area contributed by atoms with Crippen molar-refractivity contribution in [1.29, 1.82) is 0 Å². The molecular weight excluding hydrogens is 599 g/mol. The van der Waals surface area contributed by atoms with Crippen molar-refractivity contribution in [3.05, 3.63) is 66.5 Å². The summed E-state index contributed by atoms with van der Waals surface area (Å²) in [5, 5.41) is -0.0367. The molecule has 0 amide bonds. The topological polar surface area (TPSA) is 70.2 Å². The first-order chi connectivity index (χ1) is 20.9. The van der Waals surface area contributed by atoms with Crippen LogP contribution in [-0.2, 0) is 22.4 Å². The van der Waals surface area contributed by atoms with Crippen molar-refractivity contribution in [2.24, 2.45) is 0 Å². The van der Waals surface area contributed by atoms with Crippen molar-refractivity contribution in [2.75, 3.05) is 37.8 Å². The van der Waals surface area contributed by atoms with Gasteiger partial charge in [0.1, 0.15) is 30.2 Å². The highest BCUT2D eigenvalue weighted by Crippen LogP contribution is 2.38. The molecule has 0 bridgehead atoms. The summed E-state index contributed by atoms with van der Waals surface area (Å²) >= 11 is 0. The highest BCUT2D eigenvalue weighted by atomic mass is 28.3. The van der Waals surface area contributed by atoms with Gasteiger partial charge in [-0.3, -0.25) is 14.1 Å². The Morgan fingerprint density at radius 2 is 1.70 bits per heavy atom. The van der Waals surface area contributed by atoms with Gasteiger partial charge < -0.3 is 14.4 Å². The van der Waals surface area contributed by atoms with Crippen molar-refractivity contribution >= 4 is 35.7 Å². The van der Waals surface area contributed by atoms with E-state index in [2.05, 4.69) is 39.5 Å². The third-order valence-electron chi connectivity index (χ3n) is 7.64. The van der Waals surface area contributed by atoms with Gasteiger partial charge in [0.25, 0.3) is 0 Å². The van der Waals surface area contributed by atoms with E-state index in [1.165, 1.54) is 18.7 Å². The number of hydrogen-bond acceptors (Lipinski definition) is 6. The number of anilines is 1. The summed E-state index contributed by atoms with van der Waals surface area (Å²) in [7, 11) is -1.48. The number of benzene rings is 2. The summed E-state index contributed by atoms with van der Waals surface area (Å²) < 4.78 is 86.2. The summed E-state index contributed by atoms with van der Waals surface area (Å²) in [5.41, 5.74) is 2.28. The second kappa shape index (κ2) is 11.6. The number of halogens is 5. The minimum absolute atomic E-state index is 0.0367. The van der Waals surface area contributed by atoms with Crippen molar-refractivity contribution in [2.45, 2.75) is 38.6 Å². The Balaban J connectivity index is 1.55. The molecule has 0 saturated carbocycles. The molecule has 4 heterocycles. The van der Waals surface area contributed by atoms with Crippen molar-refractivity contribution in [3.8, 4) is 16.9 Å². The molecule has 0 unspecified atom stereocenters. The van der Waals surface area contributed by atoms with E-state index in [9.17, 15) is 17.6 Å². The zero-order valence-corrected chi connectivity index (χ0v) is 25.5. The lowest BCUT2D eigenvalue weighted by molar-refractivity contribution is -0.149. The number of morpholine rings is 1. The average molecular weight is 631 g/mol. The van der Waals surface area contributed by atoms with Gasteiger partial charge in [-0.15, -0.1) is 0 Å². The highest BCUT2D eigenvalue weighted by Gasteiger charge is 2.38. The lowest BCUT2D eigenvalue weighted by Gasteiger charge is -2.29. The zero-order valence-electron chi connectivity index (χ0n) is 24.5. The maximum atomic E-state index is 15.1. The molecule has 1 fully saturated rings. The van der Waals surface area contributed by atoms with E-state index in [0.717, 1.165) is 22.7 Å². The maximum Gasteiger partial charge on any atom is 0.449 e. The number of imidazole rings is 2. The molecule has 232 valence electrons. The third-order valence-corrected chi connectivity index (χ3v) is 9.35. The Bertz CT molecular complexity index is 1830. The Hall–Kier alpha value is -3.88. The average Bonchev–Trinajstić information content (AvgIpc) is 3.61. The molecule has 0 aliphatic carbocycles. The molecule has 0 spiro atoms. The van der Waals surface area contributed by atoms with Gasteiger partial charge in [-0.1, -0.05) is 19.6 Å². The lowest BCUT2D eigenvalue weighted by atomic mass is 10.1. The molecule has 1 aliphatic heterocycles. The van der Waals surface area contributed by atoms with Crippen LogP contribution in [0.2, 0.25) is 25.7 Å². The molecule has 0 radical (unpaired) electrons. The van der Waals surface area contributed by atoms with Gasteiger partial charge in [0.2, 0.25) is 5.82 Å². The van der Waals surface area contributed by atoms with Gasteiger partial charge in [-0.2, -0.15) is 13.2 Å². The van der Waals surface area contributed by atoms with E-state index in [1.54, 1.807) is 16.7 Å². The molecular formula is C30H31F5N6O2Si. The summed E-state index contributed by atoms with van der Waals surface area (Å²) in [6, 6.07) is 8.01. The Morgan fingerprint density at radius 3 is 2.43 bits per heavy atom.